The lowest BCUT2D eigenvalue weighted by Gasteiger charge is -2.21. The number of sulfonamides is 1. The summed E-state index contributed by atoms with van der Waals surface area (Å²) < 4.78 is 38.2. The Morgan fingerprint density at radius 1 is 1.29 bits per heavy atom. The Labute approximate surface area is 143 Å². The lowest BCUT2D eigenvalue weighted by Crippen LogP contribution is -2.26. The van der Waals surface area contributed by atoms with Crippen LogP contribution >= 0.6 is 11.6 Å². The van der Waals surface area contributed by atoms with Crippen molar-refractivity contribution in [2.24, 2.45) is 0 Å². The first-order valence-corrected chi connectivity index (χ1v) is 8.69. The predicted octanol–water partition coefficient (Wildman–Crippen LogP) is 2.48. The van der Waals surface area contributed by atoms with E-state index in [4.69, 9.17) is 21.1 Å². The van der Waals surface area contributed by atoms with Crippen LogP contribution in [0.2, 0.25) is 5.02 Å². The highest BCUT2D eigenvalue weighted by Gasteiger charge is 2.25. The highest BCUT2D eigenvalue weighted by Crippen LogP contribution is 2.37. The van der Waals surface area contributed by atoms with E-state index in [-0.39, 0.29) is 39.6 Å². The van der Waals surface area contributed by atoms with Crippen molar-refractivity contribution in [2.75, 3.05) is 23.8 Å². The number of ether oxygens (including phenoxy) is 2. The van der Waals surface area contributed by atoms with Gasteiger partial charge in [0.1, 0.15) is 10.6 Å². The van der Waals surface area contributed by atoms with Gasteiger partial charge in [-0.2, -0.15) is 0 Å². The van der Waals surface area contributed by atoms with E-state index in [0.717, 1.165) is 0 Å². The van der Waals surface area contributed by atoms with Crippen LogP contribution in [-0.4, -0.2) is 28.0 Å². The Morgan fingerprint density at radius 2 is 2.08 bits per heavy atom. The van der Waals surface area contributed by atoms with Crippen LogP contribution in [0.3, 0.4) is 0 Å². The zero-order valence-corrected chi connectivity index (χ0v) is 14.1. The number of nitrogens with one attached hydrogen (secondary N) is 2. The molecule has 0 spiro atoms. The Hall–Kier alpha value is -2.45. The van der Waals surface area contributed by atoms with Crippen LogP contribution in [0, 0.1) is 0 Å². The zero-order valence-electron chi connectivity index (χ0n) is 12.5. The normalized spacial score (nSPS) is 13.5. The molecule has 2 aromatic carbocycles. The maximum absolute atomic E-state index is 12.7. The summed E-state index contributed by atoms with van der Waals surface area (Å²) in [5.74, 6) is 0.103. The van der Waals surface area contributed by atoms with Crippen molar-refractivity contribution in [1.29, 1.82) is 0 Å². The van der Waals surface area contributed by atoms with Gasteiger partial charge in [0.2, 0.25) is 0 Å². The van der Waals surface area contributed by atoms with Crippen LogP contribution in [0.15, 0.2) is 41.3 Å². The van der Waals surface area contributed by atoms with Crippen LogP contribution in [0.25, 0.3) is 0 Å². The fourth-order valence-corrected chi connectivity index (χ4v) is 3.75. The van der Waals surface area contributed by atoms with E-state index in [9.17, 15) is 13.2 Å². The van der Waals surface area contributed by atoms with Crippen molar-refractivity contribution >= 4 is 38.9 Å². The molecule has 0 bridgehead atoms. The summed E-state index contributed by atoms with van der Waals surface area (Å²) in [5.41, 5.74) is 0.596. The fourth-order valence-electron chi connectivity index (χ4n) is 2.26. The number of benzene rings is 2. The summed E-state index contributed by atoms with van der Waals surface area (Å²) in [6.45, 7) is -0.188. The van der Waals surface area contributed by atoms with Crippen LogP contribution in [-0.2, 0) is 14.8 Å². The van der Waals surface area contributed by atoms with Gasteiger partial charge in [-0.25, -0.2) is 8.42 Å². The molecule has 0 atom stereocenters. The first-order valence-electron chi connectivity index (χ1n) is 6.83. The van der Waals surface area contributed by atoms with E-state index < -0.39 is 10.0 Å². The van der Waals surface area contributed by atoms with Gasteiger partial charge in [-0.05, 0) is 30.3 Å². The topological polar surface area (TPSA) is 93.7 Å². The number of anilines is 2. The molecule has 1 heterocycles. The molecule has 3 rings (SSSR count). The lowest BCUT2D eigenvalue weighted by molar-refractivity contribution is -0.118. The number of hydrogen-bond acceptors (Lipinski definition) is 5. The molecule has 24 heavy (non-hydrogen) atoms. The van der Waals surface area contributed by atoms with Gasteiger partial charge in [0.25, 0.3) is 15.9 Å². The van der Waals surface area contributed by atoms with Gasteiger partial charge >= 0.3 is 0 Å². The molecule has 0 aliphatic carbocycles. The van der Waals surface area contributed by atoms with Crippen molar-refractivity contribution in [3.63, 3.8) is 0 Å². The maximum Gasteiger partial charge on any atom is 0.265 e. The molecule has 9 heteroatoms. The van der Waals surface area contributed by atoms with Crippen molar-refractivity contribution < 1.29 is 22.7 Å². The summed E-state index contributed by atoms with van der Waals surface area (Å²) in [7, 11) is -2.61. The third-order valence-electron chi connectivity index (χ3n) is 3.30. The van der Waals surface area contributed by atoms with Crippen LogP contribution in [0.1, 0.15) is 0 Å². The highest BCUT2D eigenvalue weighted by atomic mass is 35.5. The maximum atomic E-state index is 12.7. The second-order valence-corrected chi connectivity index (χ2v) is 7.01. The van der Waals surface area contributed by atoms with E-state index in [1.807, 2.05) is 0 Å². The van der Waals surface area contributed by atoms with E-state index in [0.29, 0.717) is 5.69 Å². The number of fused-ring (bicyclic) bond motifs is 1. The van der Waals surface area contributed by atoms with Crippen molar-refractivity contribution in [3.05, 3.63) is 41.4 Å². The number of methoxy groups -OCH3 is 1. The van der Waals surface area contributed by atoms with Gasteiger partial charge < -0.3 is 14.8 Å². The summed E-state index contributed by atoms with van der Waals surface area (Å²) >= 11 is 5.89. The van der Waals surface area contributed by atoms with Crippen molar-refractivity contribution in [2.45, 2.75) is 4.90 Å². The van der Waals surface area contributed by atoms with Crippen LogP contribution in [0.4, 0.5) is 11.4 Å². The molecule has 126 valence electrons. The summed E-state index contributed by atoms with van der Waals surface area (Å²) in [6, 6.07) is 9.03. The number of rotatable bonds is 4. The van der Waals surface area contributed by atoms with Crippen LogP contribution in [0.5, 0.6) is 11.5 Å². The molecule has 7 nitrogen and oxygen atoms in total. The third kappa shape index (κ3) is 3.10. The molecule has 1 aliphatic heterocycles. The number of carbonyl (C=O) groups is 1. The molecule has 0 unspecified atom stereocenters. The Morgan fingerprint density at radius 3 is 2.83 bits per heavy atom. The van der Waals surface area contributed by atoms with E-state index >= 15 is 0 Å². The molecular weight excluding hydrogens is 356 g/mol. The van der Waals surface area contributed by atoms with Crippen LogP contribution < -0.4 is 19.5 Å². The second-order valence-electron chi connectivity index (χ2n) is 4.92. The van der Waals surface area contributed by atoms with Crippen molar-refractivity contribution in [1.82, 2.24) is 0 Å². The number of hydrogen-bond donors (Lipinski definition) is 2. The quantitative estimate of drug-likeness (QED) is 0.864. The molecule has 0 saturated heterocycles. The van der Waals surface area contributed by atoms with E-state index in [2.05, 4.69) is 10.0 Å². The number of para-hydroxylation sites is 1. The molecule has 0 fully saturated rings. The van der Waals surface area contributed by atoms with Gasteiger partial charge in [0, 0.05) is 5.02 Å². The third-order valence-corrected chi connectivity index (χ3v) is 4.92. The van der Waals surface area contributed by atoms with Gasteiger partial charge in [-0.1, -0.05) is 17.7 Å². The van der Waals surface area contributed by atoms with E-state index in [1.165, 1.54) is 31.4 Å². The number of halogens is 1. The second kappa shape index (κ2) is 6.21. The molecule has 1 aliphatic rings. The summed E-state index contributed by atoms with van der Waals surface area (Å²) in [4.78, 5) is 11.3. The Bertz CT molecular complexity index is 914. The monoisotopic (exact) mass is 368 g/mol. The first kappa shape index (κ1) is 16.4. The SMILES string of the molecule is COc1ccc(Cl)cc1S(=O)(=O)Nc1cccc2c1OCC(=O)N2. The Kier molecular flexibility index (Phi) is 4.25. The smallest absolute Gasteiger partial charge is 0.265 e. The molecule has 2 aromatic rings. The average molecular weight is 369 g/mol. The Balaban J connectivity index is 2.01. The minimum absolute atomic E-state index is 0.102. The average Bonchev–Trinajstić information content (AvgIpc) is 2.54. The number of amides is 1. The predicted molar refractivity (Wildman–Crippen MR) is 89.4 cm³/mol. The molecule has 0 saturated carbocycles. The fraction of sp³-hybridized carbons (Fsp3) is 0.133. The van der Waals surface area contributed by atoms with Gasteiger partial charge in [-0.15, -0.1) is 0 Å². The number of carbonyl (C=O) groups excluding carboxylic acids is 1. The first-order chi connectivity index (χ1) is 11.4. The van der Waals surface area contributed by atoms with Crippen molar-refractivity contribution in [3.8, 4) is 11.5 Å². The molecule has 0 radical (unpaired) electrons. The minimum atomic E-state index is -3.98. The zero-order chi connectivity index (χ0) is 17.3. The largest absolute Gasteiger partial charge is 0.495 e. The summed E-state index contributed by atoms with van der Waals surface area (Å²) in [5, 5.41) is 2.87. The summed E-state index contributed by atoms with van der Waals surface area (Å²) in [6.07, 6.45) is 0. The van der Waals surface area contributed by atoms with Gasteiger partial charge in [0.05, 0.1) is 18.5 Å². The lowest BCUT2D eigenvalue weighted by atomic mass is 10.2. The van der Waals surface area contributed by atoms with E-state index in [1.54, 1.807) is 12.1 Å². The molecule has 1 amide bonds. The van der Waals surface area contributed by atoms with Gasteiger partial charge in [0.15, 0.2) is 12.4 Å². The highest BCUT2D eigenvalue weighted by molar-refractivity contribution is 7.92. The minimum Gasteiger partial charge on any atom is -0.495 e. The molecule has 0 aromatic heterocycles. The van der Waals surface area contributed by atoms with Gasteiger partial charge in [-0.3, -0.25) is 9.52 Å². The standard InChI is InChI=1S/C15H13ClN2O5S/c1-22-12-6-5-9(16)7-13(12)24(20,21)18-11-4-2-3-10-15(11)23-8-14(19)17-10/h2-7,18H,8H2,1H3,(H,17,19). The molecule has 2 N–H and O–H groups in total. The molecular formula is C15H13ClN2O5S.